The Bertz CT molecular complexity index is 444. The number of aliphatic hydroxyl groups is 1. The average molecular weight is 277 g/mol. The van der Waals surface area contributed by atoms with Gasteiger partial charge >= 0.3 is 5.97 Å². The van der Waals surface area contributed by atoms with Crippen LogP contribution < -0.4 is 0 Å². The Morgan fingerprint density at radius 3 is 2.50 bits per heavy atom. The Morgan fingerprint density at radius 2 is 1.85 bits per heavy atom. The Labute approximate surface area is 120 Å². The number of aliphatic hydroxyl groups excluding tert-OH is 1. The normalized spacial score (nSPS) is 23.6. The third-order valence-electron chi connectivity index (χ3n) is 4.14. The van der Waals surface area contributed by atoms with Crippen molar-refractivity contribution in [2.75, 3.05) is 7.05 Å². The molecule has 1 aliphatic carbocycles. The predicted molar refractivity (Wildman–Crippen MR) is 77.7 cm³/mol. The molecule has 110 valence electrons. The molecule has 0 aromatic heterocycles. The van der Waals surface area contributed by atoms with Crippen LogP contribution in [0.15, 0.2) is 24.3 Å². The second-order valence-corrected chi connectivity index (χ2v) is 5.69. The van der Waals surface area contributed by atoms with Gasteiger partial charge in [0.2, 0.25) is 0 Å². The average Bonchev–Trinajstić information content (AvgIpc) is 2.64. The number of carboxylic acids is 1. The number of hydrogen-bond donors (Lipinski definition) is 2. The number of carboxylic acid groups (broad SMARTS) is 1. The van der Waals surface area contributed by atoms with Gasteiger partial charge in [-0.2, -0.15) is 0 Å². The first-order valence-electron chi connectivity index (χ1n) is 7.28. The molecule has 2 N–H and O–H groups in total. The molecule has 1 saturated carbocycles. The van der Waals surface area contributed by atoms with Crippen molar-refractivity contribution in [1.82, 2.24) is 4.90 Å². The van der Waals surface area contributed by atoms with Crippen LogP contribution in [0.1, 0.15) is 48.0 Å². The minimum absolute atomic E-state index is 0.205. The molecule has 2 rings (SSSR count). The number of hydrogen-bond acceptors (Lipinski definition) is 3. The Morgan fingerprint density at radius 1 is 1.20 bits per heavy atom. The molecule has 0 saturated heterocycles. The Balaban J connectivity index is 1.99. The molecule has 2 unspecified atom stereocenters. The molecule has 2 atom stereocenters. The zero-order valence-corrected chi connectivity index (χ0v) is 12.0. The van der Waals surface area contributed by atoms with E-state index in [2.05, 4.69) is 4.90 Å². The van der Waals surface area contributed by atoms with E-state index < -0.39 is 5.97 Å². The summed E-state index contributed by atoms with van der Waals surface area (Å²) in [7, 11) is 2.03. The number of carbonyl (C=O) groups is 1. The van der Waals surface area contributed by atoms with Gasteiger partial charge in [-0.3, -0.25) is 4.90 Å². The van der Waals surface area contributed by atoms with E-state index in [-0.39, 0.29) is 12.1 Å². The lowest BCUT2D eigenvalue weighted by Crippen LogP contribution is -2.40. The summed E-state index contributed by atoms with van der Waals surface area (Å²) in [6.07, 6.45) is 5.15. The summed E-state index contributed by atoms with van der Waals surface area (Å²) in [4.78, 5) is 13.0. The van der Waals surface area contributed by atoms with Crippen molar-refractivity contribution in [2.45, 2.75) is 50.8 Å². The van der Waals surface area contributed by atoms with E-state index in [1.54, 1.807) is 12.1 Å². The van der Waals surface area contributed by atoms with Gasteiger partial charge in [0.25, 0.3) is 0 Å². The highest BCUT2D eigenvalue weighted by atomic mass is 16.4. The fourth-order valence-electron chi connectivity index (χ4n) is 2.94. The monoisotopic (exact) mass is 277 g/mol. The van der Waals surface area contributed by atoms with Gasteiger partial charge < -0.3 is 10.2 Å². The number of rotatable bonds is 4. The minimum atomic E-state index is -0.899. The fourth-order valence-corrected chi connectivity index (χ4v) is 2.94. The highest BCUT2D eigenvalue weighted by molar-refractivity contribution is 5.87. The van der Waals surface area contributed by atoms with Crippen molar-refractivity contribution >= 4 is 5.97 Å². The summed E-state index contributed by atoms with van der Waals surface area (Å²) >= 11 is 0. The maximum atomic E-state index is 10.8. The van der Waals surface area contributed by atoms with E-state index in [9.17, 15) is 9.90 Å². The van der Waals surface area contributed by atoms with Crippen LogP contribution in [0.3, 0.4) is 0 Å². The van der Waals surface area contributed by atoms with Gasteiger partial charge in [0.1, 0.15) is 0 Å². The lowest BCUT2D eigenvalue weighted by Gasteiger charge is -2.30. The smallest absolute Gasteiger partial charge is 0.335 e. The zero-order valence-electron chi connectivity index (χ0n) is 12.0. The summed E-state index contributed by atoms with van der Waals surface area (Å²) in [6, 6.07) is 7.17. The summed E-state index contributed by atoms with van der Waals surface area (Å²) in [5, 5.41) is 19.1. The third kappa shape index (κ3) is 3.81. The number of aromatic carboxylic acids is 1. The highest BCUT2D eigenvalue weighted by Gasteiger charge is 2.25. The third-order valence-corrected chi connectivity index (χ3v) is 4.14. The van der Waals surface area contributed by atoms with Crippen LogP contribution in [0.25, 0.3) is 0 Å². The number of nitrogens with zero attached hydrogens (tertiary/aromatic N) is 1. The molecule has 1 fully saturated rings. The second-order valence-electron chi connectivity index (χ2n) is 5.69. The van der Waals surface area contributed by atoms with Crippen molar-refractivity contribution < 1.29 is 15.0 Å². The van der Waals surface area contributed by atoms with Gasteiger partial charge in [-0.1, -0.05) is 31.4 Å². The van der Waals surface area contributed by atoms with Crippen molar-refractivity contribution in [2.24, 2.45) is 0 Å². The van der Waals surface area contributed by atoms with Crippen LogP contribution in [-0.2, 0) is 6.54 Å². The summed E-state index contributed by atoms with van der Waals surface area (Å²) in [6.45, 7) is 0.738. The van der Waals surface area contributed by atoms with E-state index in [1.807, 2.05) is 19.2 Å². The minimum Gasteiger partial charge on any atom is -0.478 e. The van der Waals surface area contributed by atoms with Crippen molar-refractivity contribution in [1.29, 1.82) is 0 Å². The van der Waals surface area contributed by atoms with Gasteiger partial charge in [0.05, 0.1) is 11.7 Å². The number of benzene rings is 1. The van der Waals surface area contributed by atoms with Crippen LogP contribution in [0.5, 0.6) is 0 Å². The summed E-state index contributed by atoms with van der Waals surface area (Å²) in [5.74, 6) is -0.899. The molecule has 0 aliphatic heterocycles. The standard InChI is InChI=1S/C16H23NO3/c1-17(14-5-3-2-4-6-15(14)18)11-12-7-9-13(10-8-12)16(19)20/h7-10,14-15,18H,2-6,11H2,1H3,(H,19,20). The lowest BCUT2D eigenvalue weighted by atomic mass is 10.0. The molecule has 1 aromatic rings. The quantitative estimate of drug-likeness (QED) is 0.830. The van der Waals surface area contributed by atoms with E-state index in [4.69, 9.17) is 5.11 Å². The number of likely N-dealkylation sites (N-methyl/N-ethyl adjacent to an activating group) is 1. The zero-order chi connectivity index (χ0) is 14.5. The van der Waals surface area contributed by atoms with Gasteiger partial charge in [0, 0.05) is 12.6 Å². The van der Waals surface area contributed by atoms with Crippen LogP contribution in [0, 0.1) is 0 Å². The predicted octanol–water partition coefficient (Wildman–Crippen LogP) is 2.51. The van der Waals surface area contributed by atoms with Gasteiger partial charge in [-0.25, -0.2) is 4.79 Å². The first-order valence-corrected chi connectivity index (χ1v) is 7.28. The maximum absolute atomic E-state index is 10.8. The summed E-state index contributed by atoms with van der Waals surface area (Å²) < 4.78 is 0. The summed E-state index contributed by atoms with van der Waals surface area (Å²) in [5.41, 5.74) is 1.39. The molecule has 4 nitrogen and oxygen atoms in total. The molecule has 1 aliphatic rings. The van der Waals surface area contributed by atoms with Crippen LogP contribution in [-0.4, -0.2) is 40.3 Å². The largest absolute Gasteiger partial charge is 0.478 e. The molecular formula is C16H23NO3. The van der Waals surface area contributed by atoms with E-state index >= 15 is 0 Å². The maximum Gasteiger partial charge on any atom is 0.335 e. The molecular weight excluding hydrogens is 254 g/mol. The Hall–Kier alpha value is -1.39. The van der Waals surface area contributed by atoms with Crippen LogP contribution in [0.4, 0.5) is 0 Å². The molecule has 0 heterocycles. The van der Waals surface area contributed by atoms with Crippen LogP contribution >= 0.6 is 0 Å². The van der Waals surface area contributed by atoms with Crippen molar-refractivity contribution in [3.05, 3.63) is 35.4 Å². The molecule has 0 spiro atoms. The highest BCUT2D eigenvalue weighted by Crippen LogP contribution is 2.23. The first kappa shape index (κ1) is 15.0. The van der Waals surface area contributed by atoms with Crippen molar-refractivity contribution in [3.63, 3.8) is 0 Å². The van der Waals surface area contributed by atoms with Gasteiger partial charge in [0.15, 0.2) is 0 Å². The van der Waals surface area contributed by atoms with E-state index in [0.717, 1.165) is 31.4 Å². The molecule has 20 heavy (non-hydrogen) atoms. The molecule has 4 heteroatoms. The van der Waals surface area contributed by atoms with Crippen LogP contribution in [0.2, 0.25) is 0 Å². The van der Waals surface area contributed by atoms with Gasteiger partial charge in [-0.05, 0) is 37.6 Å². The molecule has 0 amide bonds. The molecule has 0 bridgehead atoms. The van der Waals surface area contributed by atoms with Crippen molar-refractivity contribution in [3.8, 4) is 0 Å². The lowest BCUT2D eigenvalue weighted by molar-refractivity contribution is 0.0544. The first-order chi connectivity index (χ1) is 9.58. The molecule has 0 radical (unpaired) electrons. The van der Waals surface area contributed by atoms with E-state index in [1.165, 1.54) is 12.8 Å². The van der Waals surface area contributed by atoms with E-state index in [0.29, 0.717) is 5.56 Å². The van der Waals surface area contributed by atoms with Gasteiger partial charge in [-0.15, -0.1) is 0 Å². The topological polar surface area (TPSA) is 60.8 Å². The SMILES string of the molecule is CN(Cc1ccc(C(=O)O)cc1)C1CCCCCC1O. The fraction of sp³-hybridized carbons (Fsp3) is 0.562. The molecule has 1 aromatic carbocycles. The Kier molecular flexibility index (Phi) is 5.15. The second kappa shape index (κ2) is 6.86.